The molecule has 0 fully saturated rings. The lowest BCUT2D eigenvalue weighted by atomic mass is 10.1. The molecule has 14 heavy (non-hydrogen) atoms. The zero-order valence-electron chi connectivity index (χ0n) is 8.95. The first kappa shape index (κ1) is 10.8. The lowest BCUT2D eigenvalue weighted by Gasteiger charge is -2.17. The van der Waals surface area contributed by atoms with Gasteiger partial charge in [0.2, 0.25) is 0 Å². The van der Waals surface area contributed by atoms with E-state index < -0.39 is 0 Å². The predicted octanol–water partition coefficient (Wildman–Crippen LogP) is 2.46. The molecule has 0 saturated heterocycles. The third-order valence-corrected chi connectivity index (χ3v) is 2.39. The summed E-state index contributed by atoms with van der Waals surface area (Å²) in [6.07, 6.45) is 0. The molecule has 2 nitrogen and oxygen atoms in total. The van der Waals surface area contributed by atoms with Crippen LogP contribution in [-0.4, -0.2) is 11.9 Å². The van der Waals surface area contributed by atoms with Crippen LogP contribution in [0.15, 0.2) is 30.3 Å². The van der Waals surface area contributed by atoms with Gasteiger partial charge in [0.25, 0.3) is 5.91 Å². The summed E-state index contributed by atoms with van der Waals surface area (Å²) in [5.41, 5.74) is 0.722. The molecule has 0 heterocycles. The summed E-state index contributed by atoms with van der Waals surface area (Å²) < 4.78 is 0. The zero-order chi connectivity index (χ0) is 10.6. The third kappa shape index (κ3) is 2.87. The van der Waals surface area contributed by atoms with Crippen LogP contribution in [0.3, 0.4) is 0 Å². The molecule has 0 aromatic heterocycles. The standard InChI is InChI=1S/C12H17NO/c1-9(2)10(3)13-12(14)11-7-5-4-6-8-11/h4-10H,1-3H3,(H,13,14). The Bertz CT molecular complexity index is 292. The van der Waals surface area contributed by atoms with Crippen LogP contribution < -0.4 is 5.32 Å². The van der Waals surface area contributed by atoms with Crippen molar-refractivity contribution in [3.63, 3.8) is 0 Å². The average molecular weight is 191 g/mol. The molecule has 1 amide bonds. The van der Waals surface area contributed by atoms with E-state index in [9.17, 15) is 4.79 Å². The van der Waals surface area contributed by atoms with Gasteiger partial charge in [-0.1, -0.05) is 32.0 Å². The van der Waals surface area contributed by atoms with Crippen LogP contribution in [0.4, 0.5) is 0 Å². The van der Waals surface area contributed by atoms with Crippen molar-refractivity contribution in [2.24, 2.45) is 5.92 Å². The topological polar surface area (TPSA) is 29.1 Å². The number of benzene rings is 1. The van der Waals surface area contributed by atoms with Gasteiger partial charge in [-0.3, -0.25) is 4.79 Å². The number of carbonyl (C=O) groups excluding carboxylic acids is 1. The minimum Gasteiger partial charge on any atom is -0.349 e. The molecular weight excluding hydrogens is 174 g/mol. The van der Waals surface area contributed by atoms with E-state index >= 15 is 0 Å². The molecule has 1 aromatic rings. The molecule has 76 valence electrons. The highest BCUT2D eigenvalue weighted by Gasteiger charge is 2.11. The Morgan fingerprint density at radius 3 is 2.21 bits per heavy atom. The molecule has 1 aromatic carbocycles. The highest BCUT2D eigenvalue weighted by atomic mass is 16.1. The largest absolute Gasteiger partial charge is 0.349 e. The Hall–Kier alpha value is -1.31. The smallest absolute Gasteiger partial charge is 0.251 e. The van der Waals surface area contributed by atoms with E-state index in [0.717, 1.165) is 5.56 Å². The summed E-state index contributed by atoms with van der Waals surface area (Å²) in [5, 5.41) is 2.96. The van der Waals surface area contributed by atoms with Gasteiger partial charge in [-0.25, -0.2) is 0 Å². The van der Waals surface area contributed by atoms with Crippen LogP contribution in [-0.2, 0) is 0 Å². The average Bonchev–Trinajstić information content (AvgIpc) is 2.19. The number of carbonyl (C=O) groups is 1. The van der Waals surface area contributed by atoms with Crippen molar-refractivity contribution < 1.29 is 4.79 Å². The number of amides is 1. The van der Waals surface area contributed by atoms with E-state index in [0.29, 0.717) is 5.92 Å². The van der Waals surface area contributed by atoms with E-state index in [1.165, 1.54) is 0 Å². The summed E-state index contributed by atoms with van der Waals surface area (Å²) in [6, 6.07) is 9.50. The quantitative estimate of drug-likeness (QED) is 0.781. The van der Waals surface area contributed by atoms with Crippen molar-refractivity contribution in [3.8, 4) is 0 Å². The molecule has 2 heteroatoms. The summed E-state index contributed by atoms with van der Waals surface area (Å²) in [4.78, 5) is 11.6. The minimum atomic E-state index is 0.00630. The van der Waals surface area contributed by atoms with Crippen LogP contribution in [0.1, 0.15) is 31.1 Å². The maximum Gasteiger partial charge on any atom is 0.251 e. The molecule has 0 aliphatic rings. The Morgan fingerprint density at radius 2 is 1.71 bits per heavy atom. The van der Waals surface area contributed by atoms with Gasteiger partial charge in [0, 0.05) is 11.6 Å². The SMILES string of the molecule is CC(C)C(C)NC(=O)c1ccccc1. The molecule has 1 unspecified atom stereocenters. The Labute approximate surface area is 85.3 Å². The van der Waals surface area contributed by atoms with Crippen molar-refractivity contribution in [1.29, 1.82) is 0 Å². The molecule has 0 saturated carbocycles. The first-order valence-corrected chi connectivity index (χ1v) is 4.97. The first-order valence-electron chi connectivity index (χ1n) is 4.97. The fraction of sp³-hybridized carbons (Fsp3) is 0.417. The molecule has 0 aliphatic carbocycles. The highest BCUT2D eigenvalue weighted by molar-refractivity contribution is 5.94. The molecule has 0 radical (unpaired) electrons. The van der Waals surface area contributed by atoms with E-state index in [4.69, 9.17) is 0 Å². The van der Waals surface area contributed by atoms with Gasteiger partial charge in [0.15, 0.2) is 0 Å². The molecule has 0 spiro atoms. The van der Waals surface area contributed by atoms with E-state index in [1.54, 1.807) is 0 Å². The second-order valence-corrected chi connectivity index (χ2v) is 3.87. The van der Waals surface area contributed by atoms with Crippen molar-refractivity contribution >= 4 is 5.91 Å². The van der Waals surface area contributed by atoms with Crippen molar-refractivity contribution in [1.82, 2.24) is 5.32 Å². The molecule has 0 aliphatic heterocycles. The maximum atomic E-state index is 11.6. The number of hydrogen-bond acceptors (Lipinski definition) is 1. The molecule has 1 atom stereocenters. The second kappa shape index (κ2) is 4.80. The predicted molar refractivity (Wildman–Crippen MR) is 58.2 cm³/mol. The van der Waals surface area contributed by atoms with Crippen LogP contribution in [0.2, 0.25) is 0 Å². The van der Waals surface area contributed by atoms with E-state index in [1.807, 2.05) is 37.3 Å². The third-order valence-electron chi connectivity index (χ3n) is 2.39. The van der Waals surface area contributed by atoms with Crippen molar-refractivity contribution in [3.05, 3.63) is 35.9 Å². The van der Waals surface area contributed by atoms with Gasteiger partial charge < -0.3 is 5.32 Å². The summed E-state index contributed by atoms with van der Waals surface area (Å²) in [6.45, 7) is 6.21. The van der Waals surface area contributed by atoms with E-state index in [-0.39, 0.29) is 11.9 Å². The van der Waals surface area contributed by atoms with Gasteiger partial charge in [0.1, 0.15) is 0 Å². The fourth-order valence-corrected chi connectivity index (χ4v) is 1.05. The number of rotatable bonds is 3. The Morgan fingerprint density at radius 1 is 1.14 bits per heavy atom. The van der Waals surface area contributed by atoms with Gasteiger partial charge >= 0.3 is 0 Å². The lowest BCUT2D eigenvalue weighted by molar-refractivity contribution is 0.0930. The maximum absolute atomic E-state index is 11.6. The van der Waals surface area contributed by atoms with Gasteiger partial charge in [-0.15, -0.1) is 0 Å². The highest BCUT2D eigenvalue weighted by Crippen LogP contribution is 2.03. The monoisotopic (exact) mass is 191 g/mol. The number of nitrogens with one attached hydrogen (secondary N) is 1. The molecule has 1 N–H and O–H groups in total. The summed E-state index contributed by atoms with van der Waals surface area (Å²) >= 11 is 0. The second-order valence-electron chi connectivity index (χ2n) is 3.87. The summed E-state index contributed by atoms with van der Waals surface area (Å²) in [5.74, 6) is 0.467. The van der Waals surface area contributed by atoms with Crippen LogP contribution in [0.25, 0.3) is 0 Å². The van der Waals surface area contributed by atoms with Gasteiger partial charge in [-0.05, 0) is 25.0 Å². The Balaban J connectivity index is 2.60. The normalized spacial score (nSPS) is 12.6. The zero-order valence-corrected chi connectivity index (χ0v) is 8.95. The molecule has 1 rings (SSSR count). The number of hydrogen-bond donors (Lipinski definition) is 1. The molecular formula is C12H17NO. The van der Waals surface area contributed by atoms with Gasteiger partial charge in [0.05, 0.1) is 0 Å². The van der Waals surface area contributed by atoms with E-state index in [2.05, 4.69) is 19.2 Å². The summed E-state index contributed by atoms with van der Waals surface area (Å²) in [7, 11) is 0. The van der Waals surface area contributed by atoms with Crippen LogP contribution >= 0.6 is 0 Å². The van der Waals surface area contributed by atoms with Crippen molar-refractivity contribution in [2.75, 3.05) is 0 Å². The van der Waals surface area contributed by atoms with Crippen molar-refractivity contribution in [2.45, 2.75) is 26.8 Å². The molecule has 0 bridgehead atoms. The van der Waals surface area contributed by atoms with Crippen LogP contribution in [0.5, 0.6) is 0 Å². The van der Waals surface area contributed by atoms with Crippen LogP contribution in [0, 0.1) is 5.92 Å². The fourth-order valence-electron chi connectivity index (χ4n) is 1.05. The Kier molecular flexibility index (Phi) is 3.69. The minimum absolute atomic E-state index is 0.00630. The first-order chi connectivity index (χ1) is 6.61. The van der Waals surface area contributed by atoms with Gasteiger partial charge in [-0.2, -0.15) is 0 Å². The lowest BCUT2D eigenvalue weighted by Crippen LogP contribution is -2.36.